The van der Waals surface area contributed by atoms with Crippen molar-refractivity contribution >= 4 is 15.7 Å². The van der Waals surface area contributed by atoms with Gasteiger partial charge in [0.1, 0.15) is 10.5 Å². The van der Waals surface area contributed by atoms with Crippen LogP contribution in [-0.4, -0.2) is 40.1 Å². The van der Waals surface area contributed by atoms with Gasteiger partial charge in [0.2, 0.25) is 10.0 Å². The summed E-state index contributed by atoms with van der Waals surface area (Å²) in [5.74, 6) is 1.39. The minimum atomic E-state index is -3.38. The van der Waals surface area contributed by atoms with Gasteiger partial charge in [-0.2, -0.15) is 0 Å². The number of benzene rings is 2. The zero-order chi connectivity index (χ0) is 20.1. The fourth-order valence-electron chi connectivity index (χ4n) is 4.88. The Kier molecular flexibility index (Phi) is 4.59. The van der Waals surface area contributed by atoms with E-state index in [4.69, 9.17) is 4.74 Å². The molecule has 0 radical (unpaired) electrons. The average molecular weight is 413 g/mol. The third-order valence-electron chi connectivity index (χ3n) is 6.80. The number of rotatable bonds is 5. The topological polar surface area (TPSA) is 49.9 Å². The van der Waals surface area contributed by atoms with Gasteiger partial charge in [-0.1, -0.05) is 30.3 Å². The molecule has 1 saturated heterocycles. The first-order valence-corrected chi connectivity index (χ1v) is 11.9. The molecule has 2 aromatic carbocycles. The summed E-state index contributed by atoms with van der Waals surface area (Å²) in [5, 5.41) is 0. The van der Waals surface area contributed by atoms with Gasteiger partial charge in [0.25, 0.3) is 0 Å². The summed E-state index contributed by atoms with van der Waals surface area (Å²) in [7, 11) is -1.71. The van der Waals surface area contributed by atoms with Crippen LogP contribution >= 0.6 is 0 Å². The van der Waals surface area contributed by atoms with Gasteiger partial charge in [-0.3, -0.25) is 9.21 Å². The highest BCUT2D eigenvalue weighted by Gasteiger charge is 2.57. The number of methoxy groups -OCH3 is 1. The molecule has 5 nitrogen and oxygen atoms in total. The maximum atomic E-state index is 13.7. The van der Waals surface area contributed by atoms with Gasteiger partial charge in [0.15, 0.2) is 0 Å². The molecule has 1 aliphatic carbocycles. The fraction of sp³-hybridized carbons (Fsp3) is 0.478. The Balaban J connectivity index is 1.37. The lowest BCUT2D eigenvalue weighted by molar-refractivity contribution is 0.189. The molecule has 0 unspecified atom stereocenters. The minimum Gasteiger partial charge on any atom is -0.497 e. The summed E-state index contributed by atoms with van der Waals surface area (Å²) >= 11 is 0. The molecule has 154 valence electrons. The molecule has 29 heavy (non-hydrogen) atoms. The van der Waals surface area contributed by atoms with Crippen molar-refractivity contribution in [2.24, 2.45) is 5.92 Å². The first kappa shape index (κ1) is 18.9. The Labute approximate surface area is 173 Å². The van der Waals surface area contributed by atoms with E-state index in [2.05, 4.69) is 17.0 Å². The monoisotopic (exact) mass is 412 g/mol. The van der Waals surface area contributed by atoms with Gasteiger partial charge in [-0.05, 0) is 60.9 Å². The number of likely N-dealkylation sites (tertiary alicyclic amines) is 1. The fourth-order valence-corrected chi connectivity index (χ4v) is 7.27. The third-order valence-corrected chi connectivity index (χ3v) is 9.34. The van der Waals surface area contributed by atoms with Crippen molar-refractivity contribution < 1.29 is 13.2 Å². The molecule has 2 heterocycles. The first-order chi connectivity index (χ1) is 14.0. The zero-order valence-corrected chi connectivity index (χ0v) is 17.7. The molecule has 1 saturated carbocycles. The maximum absolute atomic E-state index is 13.7. The largest absolute Gasteiger partial charge is 0.497 e. The molecule has 2 fully saturated rings. The predicted octanol–water partition coefficient (Wildman–Crippen LogP) is 3.75. The van der Waals surface area contributed by atoms with Gasteiger partial charge in [0.05, 0.1) is 12.8 Å². The molecule has 0 bridgehead atoms. The number of hydrogen-bond donors (Lipinski definition) is 0. The summed E-state index contributed by atoms with van der Waals surface area (Å²) in [6.45, 7) is 3.07. The second kappa shape index (κ2) is 7.03. The normalized spacial score (nSPS) is 22.6. The summed E-state index contributed by atoms with van der Waals surface area (Å²) in [6, 6.07) is 16.1. The van der Waals surface area contributed by atoms with Crippen LogP contribution in [0.2, 0.25) is 0 Å². The van der Waals surface area contributed by atoms with Crippen molar-refractivity contribution in [3.05, 3.63) is 59.7 Å². The Morgan fingerprint density at radius 2 is 1.72 bits per heavy atom. The van der Waals surface area contributed by atoms with E-state index < -0.39 is 14.8 Å². The molecule has 0 atom stereocenters. The minimum absolute atomic E-state index is 0.531. The van der Waals surface area contributed by atoms with Crippen molar-refractivity contribution in [3.63, 3.8) is 0 Å². The molecule has 6 heteroatoms. The van der Waals surface area contributed by atoms with Gasteiger partial charge >= 0.3 is 0 Å². The van der Waals surface area contributed by atoms with Crippen LogP contribution in [0.1, 0.15) is 36.8 Å². The van der Waals surface area contributed by atoms with Gasteiger partial charge in [-0.25, -0.2) is 8.42 Å². The van der Waals surface area contributed by atoms with Crippen LogP contribution in [0, 0.1) is 5.92 Å². The Hall–Kier alpha value is -2.05. The van der Waals surface area contributed by atoms with E-state index >= 15 is 0 Å². The molecule has 5 rings (SSSR count). The van der Waals surface area contributed by atoms with Crippen molar-refractivity contribution in [3.8, 4) is 5.75 Å². The van der Waals surface area contributed by atoms with Crippen LogP contribution in [0.5, 0.6) is 5.75 Å². The lowest BCUT2D eigenvalue weighted by Gasteiger charge is -2.39. The highest BCUT2D eigenvalue weighted by molar-refractivity contribution is 7.94. The van der Waals surface area contributed by atoms with E-state index in [1.807, 2.05) is 36.4 Å². The standard InChI is InChI=1S/C23H28N2O3S/c1-28-20-10-8-18(9-11-20)16-24-14-12-23(13-15-24)21-4-2-3-5-22(21)25(29(23,26)27)17-19-6-7-19/h2-5,8-11,19H,6-7,12-17H2,1H3. The summed E-state index contributed by atoms with van der Waals surface area (Å²) in [6.07, 6.45) is 3.61. The molecule has 3 aliphatic rings. The van der Waals surface area contributed by atoms with E-state index in [-0.39, 0.29) is 0 Å². The first-order valence-electron chi connectivity index (χ1n) is 10.5. The molecule has 1 spiro atoms. The highest BCUT2D eigenvalue weighted by atomic mass is 32.2. The van der Waals surface area contributed by atoms with Crippen LogP contribution in [0.25, 0.3) is 0 Å². The van der Waals surface area contributed by atoms with Crippen LogP contribution < -0.4 is 9.04 Å². The van der Waals surface area contributed by atoms with Gasteiger partial charge in [-0.15, -0.1) is 0 Å². The summed E-state index contributed by atoms with van der Waals surface area (Å²) in [4.78, 5) is 2.37. The summed E-state index contributed by atoms with van der Waals surface area (Å²) < 4.78 is 33.7. The number of anilines is 1. The number of nitrogens with zero attached hydrogens (tertiary/aromatic N) is 2. The molecular weight excluding hydrogens is 384 g/mol. The third kappa shape index (κ3) is 3.13. The van der Waals surface area contributed by atoms with E-state index in [1.54, 1.807) is 11.4 Å². The lowest BCUT2D eigenvalue weighted by atomic mass is 9.87. The van der Waals surface area contributed by atoms with Gasteiger partial charge < -0.3 is 4.74 Å². The Morgan fingerprint density at radius 1 is 1.03 bits per heavy atom. The second-order valence-electron chi connectivity index (χ2n) is 8.62. The van der Waals surface area contributed by atoms with E-state index in [0.29, 0.717) is 25.3 Å². The number of para-hydroxylation sites is 1. The quantitative estimate of drug-likeness (QED) is 0.751. The molecule has 2 aromatic rings. The van der Waals surface area contributed by atoms with E-state index in [0.717, 1.165) is 49.5 Å². The predicted molar refractivity (Wildman–Crippen MR) is 115 cm³/mol. The SMILES string of the molecule is COc1ccc(CN2CCC3(CC2)c2ccccc2N(CC2CC2)S3(=O)=O)cc1. The van der Waals surface area contributed by atoms with Crippen molar-refractivity contribution in [1.29, 1.82) is 0 Å². The van der Waals surface area contributed by atoms with Crippen LogP contribution in [0.4, 0.5) is 5.69 Å². The second-order valence-corrected chi connectivity index (χ2v) is 10.8. The molecule has 0 amide bonds. The Morgan fingerprint density at radius 3 is 2.38 bits per heavy atom. The molecule has 0 N–H and O–H groups in total. The molecular formula is C23H28N2O3S. The van der Waals surface area contributed by atoms with E-state index in [9.17, 15) is 8.42 Å². The Bertz CT molecular complexity index is 991. The molecule has 2 aliphatic heterocycles. The van der Waals surface area contributed by atoms with E-state index in [1.165, 1.54) is 5.56 Å². The maximum Gasteiger partial charge on any atom is 0.245 e. The van der Waals surface area contributed by atoms with Crippen LogP contribution in [0.15, 0.2) is 48.5 Å². The smallest absolute Gasteiger partial charge is 0.245 e. The van der Waals surface area contributed by atoms with Crippen LogP contribution in [-0.2, 0) is 21.3 Å². The van der Waals surface area contributed by atoms with Gasteiger partial charge in [0, 0.05) is 26.2 Å². The average Bonchev–Trinajstić information content (AvgIpc) is 3.55. The number of ether oxygens (including phenoxy) is 1. The van der Waals surface area contributed by atoms with Crippen LogP contribution in [0.3, 0.4) is 0 Å². The highest BCUT2D eigenvalue weighted by Crippen LogP contribution is 2.53. The lowest BCUT2D eigenvalue weighted by Crippen LogP contribution is -2.48. The summed E-state index contributed by atoms with van der Waals surface area (Å²) in [5.41, 5.74) is 3.17. The molecule has 0 aromatic heterocycles. The number of piperidine rings is 1. The van der Waals surface area contributed by atoms with Crippen molar-refractivity contribution in [2.45, 2.75) is 37.0 Å². The number of fused-ring (bicyclic) bond motifs is 2. The number of hydrogen-bond acceptors (Lipinski definition) is 4. The number of sulfonamides is 1. The van der Waals surface area contributed by atoms with Crippen molar-refractivity contribution in [2.75, 3.05) is 31.0 Å². The zero-order valence-electron chi connectivity index (χ0n) is 16.9. The van der Waals surface area contributed by atoms with Crippen molar-refractivity contribution in [1.82, 2.24) is 4.90 Å².